The fraction of sp³-hybridized carbons (Fsp3) is 0.583. The molecule has 0 bridgehead atoms. The Hall–Kier alpha value is -0.751. The fourth-order valence-corrected chi connectivity index (χ4v) is 3.77. The van der Waals surface area contributed by atoms with Gasteiger partial charge in [-0.15, -0.1) is 0 Å². The molecule has 1 aromatic rings. The van der Waals surface area contributed by atoms with Gasteiger partial charge in [0, 0.05) is 0 Å². The van der Waals surface area contributed by atoms with E-state index in [0.717, 1.165) is 5.32 Å². The summed E-state index contributed by atoms with van der Waals surface area (Å²) in [6.07, 6.45) is 3.16. The zero-order valence-electron chi connectivity index (χ0n) is 9.43. The van der Waals surface area contributed by atoms with Gasteiger partial charge in [0.15, 0.2) is 0 Å². The van der Waals surface area contributed by atoms with Crippen LogP contribution in [0.15, 0.2) is 22.8 Å². The Labute approximate surface area is 103 Å². The number of furan rings is 1. The van der Waals surface area contributed by atoms with E-state index in [-0.39, 0.29) is 5.92 Å². The molecule has 1 heterocycles. The fourth-order valence-electron chi connectivity index (χ4n) is 1.31. The van der Waals surface area contributed by atoms with Crippen molar-refractivity contribution in [3.63, 3.8) is 0 Å². The monoisotopic (exact) mass is 287 g/mol. The second-order valence-electron chi connectivity index (χ2n) is 3.62. The second kappa shape index (κ2) is 7.51. The summed E-state index contributed by atoms with van der Waals surface area (Å²) in [5.74, 6) is 0.167. The Bertz CT molecular complexity index is 318. The third-order valence-corrected chi connectivity index (χ3v) is 4.78. The summed E-state index contributed by atoms with van der Waals surface area (Å²) >= 11 is 0.448. The molecule has 88 valence electrons. The van der Waals surface area contributed by atoms with E-state index in [2.05, 4.69) is 13.0 Å². The Morgan fingerprint density at radius 1 is 1.62 bits per heavy atom. The van der Waals surface area contributed by atoms with Gasteiger partial charge in [0.1, 0.15) is 0 Å². The van der Waals surface area contributed by atoms with Crippen LogP contribution in [0.4, 0.5) is 0 Å². The number of nitriles is 1. The van der Waals surface area contributed by atoms with E-state index in [9.17, 15) is 5.11 Å². The van der Waals surface area contributed by atoms with Crippen molar-refractivity contribution in [1.29, 1.82) is 5.26 Å². The van der Waals surface area contributed by atoms with Crippen LogP contribution < -0.4 is 0 Å². The minimum atomic E-state index is -0.775. The van der Waals surface area contributed by atoms with Crippen LogP contribution in [0.3, 0.4) is 0 Å². The van der Waals surface area contributed by atoms with E-state index in [4.69, 9.17) is 9.68 Å². The molecule has 0 aliphatic rings. The van der Waals surface area contributed by atoms with Gasteiger partial charge in [-0.2, -0.15) is 0 Å². The van der Waals surface area contributed by atoms with Crippen LogP contribution >= 0.6 is 0 Å². The summed E-state index contributed by atoms with van der Waals surface area (Å²) < 4.78 is 5.11. The molecule has 0 aliphatic heterocycles. The standard InChI is InChI=1S/C12H17NO2Se/c1-2-3-7-16-9-10(8-13)12(14)11-5-4-6-15-11/h4-6,10,12,14H,2-3,7,9H2,1H3. The molecule has 1 aromatic heterocycles. The van der Waals surface area contributed by atoms with Crippen molar-refractivity contribution < 1.29 is 9.52 Å². The van der Waals surface area contributed by atoms with Gasteiger partial charge < -0.3 is 0 Å². The molecular formula is C12H17NO2Se. The zero-order chi connectivity index (χ0) is 11.8. The number of aliphatic hydroxyl groups excluding tert-OH is 1. The van der Waals surface area contributed by atoms with E-state index < -0.39 is 6.10 Å². The topological polar surface area (TPSA) is 57.2 Å². The molecule has 16 heavy (non-hydrogen) atoms. The predicted molar refractivity (Wildman–Crippen MR) is 63.0 cm³/mol. The van der Waals surface area contributed by atoms with Crippen LogP contribution in [0, 0.1) is 17.2 Å². The molecule has 0 fully saturated rings. The van der Waals surface area contributed by atoms with Crippen molar-refractivity contribution >= 4 is 15.0 Å². The molecule has 0 radical (unpaired) electrons. The average molecular weight is 286 g/mol. The average Bonchev–Trinajstić information content (AvgIpc) is 2.82. The van der Waals surface area contributed by atoms with Crippen LogP contribution in [0.1, 0.15) is 31.6 Å². The van der Waals surface area contributed by atoms with Crippen molar-refractivity contribution in [3.8, 4) is 6.07 Å². The number of unbranched alkanes of at least 4 members (excludes halogenated alkanes) is 1. The number of hydrogen-bond acceptors (Lipinski definition) is 3. The van der Waals surface area contributed by atoms with Crippen LogP contribution in [0.2, 0.25) is 10.6 Å². The molecular weight excluding hydrogens is 269 g/mol. The molecule has 0 aliphatic carbocycles. The SMILES string of the molecule is CCCC[Se]CC(C#N)C(O)c1ccco1. The third-order valence-electron chi connectivity index (χ3n) is 2.32. The normalized spacial score (nSPS) is 14.3. The molecule has 0 saturated carbocycles. The number of hydrogen-bond donors (Lipinski definition) is 1. The van der Waals surface area contributed by atoms with Gasteiger partial charge in [-0.3, -0.25) is 0 Å². The van der Waals surface area contributed by atoms with E-state index in [1.807, 2.05) is 0 Å². The first-order valence-corrected chi connectivity index (χ1v) is 7.90. The maximum absolute atomic E-state index is 9.92. The summed E-state index contributed by atoms with van der Waals surface area (Å²) in [5, 5.41) is 20.9. The molecule has 3 nitrogen and oxygen atoms in total. The van der Waals surface area contributed by atoms with Crippen molar-refractivity contribution in [2.24, 2.45) is 5.92 Å². The summed E-state index contributed by atoms with van der Waals surface area (Å²) in [6.45, 7) is 2.16. The second-order valence-corrected chi connectivity index (χ2v) is 6.04. The molecule has 4 heteroatoms. The van der Waals surface area contributed by atoms with E-state index in [0.29, 0.717) is 20.7 Å². The molecule has 2 atom stereocenters. The molecule has 0 aromatic carbocycles. The summed E-state index contributed by atoms with van der Waals surface area (Å²) in [4.78, 5) is 0. The van der Waals surface area contributed by atoms with E-state index in [1.54, 1.807) is 12.1 Å². The molecule has 2 unspecified atom stereocenters. The van der Waals surface area contributed by atoms with Crippen molar-refractivity contribution in [3.05, 3.63) is 24.2 Å². The molecule has 0 spiro atoms. The Balaban J connectivity index is 2.39. The third kappa shape index (κ3) is 4.02. The Morgan fingerprint density at radius 3 is 3.00 bits per heavy atom. The molecule has 1 rings (SSSR count). The number of aliphatic hydroxyl groups is 1. The molecule has 1 N–H and O–H groups in total. The summed E-state index contributed by atoms with van der Waals surface area (Å²) in [7, 11) is 0. The zero-order valence-corrected chi connectivity index (χ0v) is 11.1. The van der Waals surface area contributed by atoms with Crippen LogP contribution in [-0.2, 0) is 0 Å². The first kappa shape index (κ1) is 13.3. The predicted octanol–water partition coefficient (Wildman–Crippen LogP) is 2.79. The van der Waals surface area contributed by atoms with Crippen LogP contribution in [0.5, 0.6) is 0 Å². The first-order valence-electron chi connectivity index (χ1n) is 5.48. The van der Waals surface area contributed by atoms with Gasteiger partial charge >= 0.3 is 102 Å². The van der Waals surface area contributed by atoms with Gasteiger partial charge in [-0.05, 0) is 0 Å². The van der Waals surface area contributed by atoms with Gasteiger partial charge in [0.05, 0.1) is 0 Å². The van der Waals surface area contributed by atoms with Gasteiger partial charge in [-0.25, -0.2) is 0 Å². The van der Waals surface area contributed by atoms with E-state index >= 15 is 0 Å². The van der Waals surface area contributed by atoms with Crippen LogP contribution in [0.25, 0.3) is 0 Å². The quantitative estimate of drug-likeness (QED) is 0.619. The van der Waals surface area contributed by atoms with E-state index in [1.165, 1.54) is 24.4 Å². The van der Waals surface area contributed by atoms with Gasteiger partial charge in [0.2, 0.25) is 0 Å². The molecule has 0 amide bonds. The minimum absolute atomic E-state index is 0.331. The summed E-state index contributed by atoms with van der Waals surface area (Å²) in [5.41, 5.74) is 0. The van der Waals surface area contributed by atoms with Crippen molar-refractivity contribution in [2.45, 2.75) is 36.5 Å². The first-order chi connectivity index (χ1) is 7.79. The van der Waals surface area contributed by atoms with Gasteiger partial charge in [0.25, 0.3) is 0 Å². The number of rotatable bonds is 7. The van der Waals surface area contributed by atoms with Crippen LogP contribution in [-0.4, -0.2) is 20.1 Å². The number of nitrogens with zero attached hydrogens (tertiary/aromatic N) is 1. The van der Waals surface area contributed by atoms with Gasteiger partial charge in [-0.1, -0.05) is 0 Å². The Morgan fingerprint density at radius 2 is 2.44 bits per heavy atom. The van der Waals surface area contributed by atoms with Crippen molar-refractivity contribution in [1.82, 2.24) is 0 Å². The van der Waals surface area contributed by atoms with Crippen molar-refractivity contribution in [2.75, 3.05) is 0 Å². The maximum atomic E-state index is 9.92. The Kier molecular flexibility index (Phi) is 6.25. The molecule has 0 saturated heterocycles. The summed E-state index contributed by atoms with van der Waals surface area (Å²) in [6, 6.07) is 5.62.